The molecule has 4 rings (SSSR count). The van der Waals surface area contributed by atoms with Crippen LogP contribution in [0.2, 0.25) is 0 Å². The smallest absolute Gasteiger partial charge is 0.303 e. The third kappa shape index (κ3) is 3.07. The number of hydrogen-bond acceptors (Lipinski definition) is 7. The van der Waals surface area contributed by atoms with Crippen LogP contribution in [0.5, 0.6) is 0 Å². The second-order valence-corrected chi connectivity index (χ2v) is 10.7. The predicted molar refractivity (Wildman–Crippen MR) is 115 cm³/mol. The number of ether oxygens (including phenoxy) is 2. The predicted octanol–water partition coefficient (Wildman–Crippen LogP) is 1.73. The van der Waals surface area contributed by atoms with Gasteiger partial charge in [-0.05, 0) is 60.8 Å². The quantitative estimate of drug-likeness (QED) is 0.336. The summed E-state index contributed by atoms with van der Waals surface area (Å²) in [5.74, 6) is 1.32. The first-order chi connectivity index (χ1) is 14.9. The lowest BCUT2D eigenvalue weighted by molar-refractivity contribution is -0.168. The van der Waals surface area contributed by atoms with Crippen molar-refractivity contribution in [1.29, 1.82) is 0 Å². The second kappa shape index (κ2) is 7.58. The van der Waals surface area contributed by atoms with Crippen molar-refractivity contribution in [2.75, 3.05) is 0 Å². The minimum absolute atomic E-state index is 0.0570. The Balaban J connectivity index is 1.72. The summed E-state index contributed by atoms with van der Waals surface area (Å²) < 4.78 is 10.8. The number of terminal acetylenes is 1. The molecule has 7 heteroatoms. The molecule has 3 fully saturated rings. The van der Waals surface area contributed by atoms with Crippen LogP contribution in [0.4, 0.5) is 0 Å². The van der Waals surface area contributed by atoms with Gasteiger partial charge in [-0.3, -0.25) is 9.59 Å². The monoisotopic (exact) mass is 446 g/mol. The number of aliphatic hydroxyl groups excluding tert-OH is 2. The first-order valence-electron chi connectivity index (χ1n) is 11.5. The number of rotatable bonds is 2. The number of esters is 2. The van der Waals surface area contributed by atoms with Crippen molar-refractivity contribution >= 4 is 11.9 Å². The van der Waals surface area contributed by atoms with Crippen molar-refractivity contribution in [3.8, 4) is 12.3 Å². The zero-order valence-electron chi connectivity index (χ0n) is 19.2. The van der Waals surface area contributed by atoms with E-state index in [1.165, 1.54) is 13.8 Å². The van der Waals surface area contributed by atoms with E-state index < -0.39 is 47.4 Å². The van der Waals surface area contributed by atoms with Crippen LogP contribution >= 0.6 is 0 Å². The van der Waals surface area contributed by atoms with Crippen LogP contribution in [0.15, 0.2) is 11.6 Å². The normalized spacial score (nSPS) is 49.6. The summed E-state index contributed by atoms with van der Waals surface area (Å²) in [6, 6.07) is 0. The summed E-state index contributed by atoms with van der Waals surface area (Å²) in [5.41, 5.74) is -1.95. The first-order valence-corrected chi connectivity index (χ1v) is 11.5. The van der Waals surface area contributed by atoms with Crippen LogP contribution in [0.25, 0.3) is 0 Å². The van der Waals surface area contributed by atoms with Gasteiger partial charge in [0.15, 0.2) is 5.60 Å². The Labute approximate surface area is 189 Å². The second-order valence-electron chi connectivity index (χ2n) is 10.7. The molecule has 0 radical (unpaired) electrons. The first kappa shape index (κ1) is 23.3. The van der Waals surface area contributed by atoms with Crippen LogP contribution in [-0.4, -0.2) is 57.3 Å². The maximum atomic E-state index is 11.7. The Morgan fingerprint density at radius 3 is 2.34 bits per heavy atom. The molecule has 0 spiro atoms. The highest BCUT2D eigenvalue weighted by Gasteiger charge is 2.69. The van der Waals surface area contributed by atoms with E-state index in [1.54, 1.807) is 6.08 Å². The van der Waals surface area contributed by atoms with Gasteiger partial charge in [-0.1, -0.05) is 25.8 Å². The zero-order chi connectivity index (χ0) is 23.6. The van der Waals surface area contributed by atoms with Crippen molar-refractivity contribution < 1.29 is 34.4 Å². The van der Waals surface area contributed by atoms with Gasteiger partial charge in [0.25, 0.3) is 0 Å². The Kier molecular flexibility index (Phi) is 5.51. The lowest BCUT2D eigenvalue weighted by atomic mass is 9.46. The molecule has 0 aromatic rings. The summed E-state index contributed by atoms with van der Waals surface area (Å²) in [7, 11) is 0. The lowest BCUT2D eigenvalue weighted by Crippen LogP contribution is -2.60. The molecule has 32 heavy (non-hydrogen) atoms. The minimum Gasteiger partial charge on any atom is -0.459 e. The van der Waals surface area contributed by atoms with E-state index in [0.29, 0.717) is 25.7 Å². The molecule has 0 heterocycles. The standard InChI is InChI=1S/C25H34O7/c1-6-25(30)20(32-14(3)27)12-16-21-15(7-10-24(16,25)5)23(4)9-8-19(31-13(2)26)22(29)17(23)11-18(21)28/h1,11,15-16,18-22,28-30H,7-10,12H2,2-5H3/t15-,16-,18+,19-,20+,21+,22-,23+,24-,25-/m0/s1. The molecule has 0 saturated heterocycles. The van der Waals surface area contributed by atoms with Crippen molar-refractivity contribution in [3.63, 3.8) is 0 Å². The highest BCUT2D eigenvalue weighted by molar-refractivity contribution is 5.67. The van der Waals surface area contributed by atoms with E-state index in [0.717, 1.165) is 12.0 Å². The van der Waals surface area contributed by atoms with Crippen LogP contribution in [0.1, 0.15) is 59.8 Å². The van der Waals surface area contributed by atoms with E-state index >= 15 is 0 Å². The van der Waals surface area contributed by atoms with Gasteiger partial charge in [-0.15, -0.1) is 6.42 Å². The van der Waals surface area contributed by atoms with Crippen molar-refractivity contribution in [3.05, 3.63) is 11.6 Å². The fourth-order valence-electron chi connectivity index (χ4n) is 7.61. The number of fused-ring (bicyclic) bond motifs is 5. The number of aliphatic hydroxyl groups is 3. The number of hydrogen-bond donors (Lipinski definition) is 3. The van der Waals surface area contributed by atoms with E-state index in [-0.39, 0.29) is 23.2 Å². The van der Waals surface area contributed by atoms with E-state index in [1.807, 2.05) is 6.92 Å². The fourth-order valence-corrected chi connectivity index (χ4v) is 7.61. The summed E-state index contributed by atoms with van der Waals surface area (Å²) in [6.07, 6.45) is 7.25. The average Bonchev–Trinajstić information content (AvgIpc) is 2.93. The summed E-state index contributed by atoms with van der Waals surface area (Å²) in [4.78, 5) is 23.2. The van der Waals surface area contributed by atoms with Gasteiger partial charge < -0.3 is 24.8 Å². The Bertz CT molecular complexity index is 889. The summed E-state index contributed by atoms with van der Waals surface area (Å²) >= 11 is 0. The third-order valence-electron chi connectivity index (χ3n) is 9.21. The summed E-state index contributed by atoms with van der Waals surface area (Å²) in [5, 5.41) is 33.8. The SMILES string of the molecule is C#C[C@]1(O)[C@H](OC(C)=O)C[C@H]2[C@@H]3[C@H](O)C=C4[C@H](O)[C@@H](OC(C)=O)CC[C@]4(C)[C@H]3CC[C@@]21C. The molecule has 7 nitrogen and oxygen atoms in total. The van der Waals surface area contributed by atoms with Gasteiger partial charge in [0.05, 0.1) is 6.10 Å². The third-order valence-corrected chi connectivity index (χ3v) is 9.21. The van der Waals surface area contributed by atoms with Crippen molar-refractivity contribution in [2.24, 2.45) is 28.6 Å². The van der Waals surface area contributed by atoms with E-state index in [2.05, 4.69) is 12.8 Å². The van der Waals surface area contributed by atoms with Gasteiger partial charge in [0.2, 0.25) is 0 Å². The van der Waals surface area contributed by atoms with Gasteiger partial charge in [-0.25, -0.2) is 0 Å². The van der Waals surface area contributed by atoms with Gasteiger partial charge in [0, 0.05) is 19.3 Å². The fraction of sp³-hybridized carbons (Fsp3) is 0.760. The van der Waals surface area contributed by atoms with Crippen molar-refractivity contribution in [2.45, 2.75) is 89.8 Å². The molecule has 0 bridgehead atoms. The van der Waals surface area contributed by atoms with Crippen LogP contribution in [-0.2, 0) is 19.1 Å². The highest BCUT2D eigenvalue weighted by atomic mass is 16.6. The van der Waals surface area contributed by atoms with E-state index in [9.17, 15) is 24.9 Å². The molecule has 4 aliphatic rings. The molecular weight excluding hydrogens is 412 g/mol. The van der Waals surface area contributed by atoms with Gasteiger partial charge in [0.1, 0.15) is 18.3 Å². The molecule has 0 aromatic carbocycles. The van der Waals surface area contributed by atoms with Gasteiger partial charge in [-0.2, -0.15) is 0 Å². The van der Waals surface area contributed by atoms with Crippen LogP contribution < -0.4 is 0 Å². The Morgan fingerprint density at radius 2 is 1.75 bits per heavy atom. The zero-order valence-corrected chi connectivity index (χ0v) is 19.2. The Hall–Kier alpha value is -1.88. The molecule has 176 valence electrons. The van der Waals surface area contributed by atoms with E-state index in [4.69, 9.17) is 15.9 Å². The molecule has 3 N–H and O–H groups in total. The molecule has 3 saturated carbocycles. The molecule has 0 aliphatic heterocycles. The topological polar surface area (TPSA) is 113 Å². The van der Waals surface area contributed by atoms with Gasteiger partial charge >= 0.3 is 11.9 Å². The lowest BCUT2D eigenvalue weighted by Gasteiger charge is -2.60. The highest BCUT2D eigenvalue weighted by Crippen LogP contribution is 2.67. The maximum Gasteiger partial charge on any atom is 0.303 e. The molecule has 0 amide bonds. The molecular formula is C25H34O7. The molecule has 0 unspecified atom stereocenters. The van der Waals surface area contributed by atoms with Crippen molar-refractivity contribution in [1.82, 2.24) is 0 Å². The largest absolute Gasteiger partial charge is 0.459 e. The molecule has 10 atom stereocenters. The number of carbonyl (C=O) groups is 2. The molecule has 4 aliphatic carbocycles. The minimum atomic E-state index is -1.61. The number of carbonyl (C=O) groups excluding carboxylic acids is 2. The Morgan fingerprint density at radius 1 is 1.09 bits per heavy atom. The van der Waals surface area contributed by atoms with Crippen LogP contribution in [0.3, 0.4) is 0 Å². The maximum absolute atomic E-state index is 11.7. The van der Waals surface area contributed by atoms with Crippen LogP contribution in [0, 0.1) is 40.9 Å². The summed E-state index contributed by atoms with van der Waals surface area (Å²) in [6.45, 7) is 6.69. The molecule has 0 aromatic heterocycles. The average molecular weight is 447 g/mol.